The van der Waals surface area contributed by atoms with Gasteiger partial charge in [-0.05, 0) is 42.9 Å². The zero-order chi connectivity index (χ0) is 16.8. The highest BCUT2D eigenvalue weighted by molar-refractivity contribution is 5.94. The molecule has 5 nitrogen and oxygen atoms in total. The molecule has 24 heavy (non-hydrogen) atoms. The first kappa shape index (κ1) is 20.5. The fourth-order valence-corrected chi connectivity index (χ4v) is 2.65. The summed E-state index contributed by atoms with van der Waals surface area (Å²) < 4.78 is 0. The van der Waals surface area contributed by atoms with Gasteiger partial charge in [-0.3, -0.25) is 9.59 Å². The van der Waals surface area contributed by atoms with Crippen molar-refractivity contribution in [2.45, 2.75) is 45.7 Å². The lowest BCUT2D eigenvalue weighted by Gasteiger charge is -2.26. The maximum Gasteiger partial charge on any atom is 0.253 e. The van der Waals surface area contributed by atoms with Crippen LogP contribution in [-0.2, 0) is 11.3 Å². The number of rotatable bonds is 5. The number of piperidine rings is 1. The number of nitrogens with one attached hydrogen (secondary N) is 1. The Morgan fingerprint density at radius 1 is 1.12 bits per heavy atom. The number of carbonyl (C=O) groups excluding carboxylic acids is 2. The molecule has 0 bridgehead atoms. The first-order valence-corrected chi connectivity index (χ1v) is 8.40. The van der Waals surface area contributed by atoms with Crippen LogP contribution in [0.15, 0.2) is 24.3 Å². The number of halogens is 1. The predicted octanol–water partition coefficient (Wildman–Crippen LogP) is 2.33. The molecule has 0 aromatic heterocycles. The molecule has 1 aromatic rings. The van der Waals surface area contributed by atoms with Gasteiger partial charge in [0.15, 0.2) is 0 Å². The molecule has 6 heteroatoms. The Hall–Kier alpha value is -1.59. The first-order chi connectivity index (χ1) is 11.0. The maximum atomic E-state index is 12.4. The Balaban J connectivity index is 0.00000288. The third-order valence-corrected chi connectivity index (χ3v) is 4.33. The van der Waals surface area contributed by atoms with E-state index in [1.807, 2.05) is 43.0 Å². The predicted molar refractivity (Wildman–Crippen MR) is 98.1 cm³/mol. The molecule has 3 N–H and O–H groups in total. The van der Waals surface area contributed by atoms with Gasteiger partial charge in [-0.2, -0.15) is 0 Å². The summed E-state index contributed by atoms with van der Waals surface area (Å²) in [6.07, 6.45) is 3.39. The SMILES string of the molecule is CC(C)[C@H](N)C(=O)NCc1ccc(C(=O)N2CCCCC2)cc1.Cl. The van der Waals surface area contributed by atoms with Crippen LogP contribution in [0, 0.1) is 5.92 Å². The smallest absolute Gasteiger partial charge is 0.253 e. The van der Waals surface area contributed by atoms with Crippen molar-refractivity contribution in [3.8, 4) is 0 Å². The van der Waals surface area contributed by atoms with Gasteiger partial charge in [-0.1, -0.05) is 26.0 Å². The summed E-state index contributed by atoms with van der Waals surface area (Å²) in [7, 11) is 0. The molecule has 1 atom stereocenters. The zero-order valence-electron chi connectivity index (χ0n) is 14.5. The van der Waals surface area contributed by atoms with Gasteiger partial charge in [-0.15, -0.1) is 12.4 Å². The minimum atomic E-state index is -0.491. The number of hydrogen-bond donors (Lipinski definition) is 2. The number of benzene rings is 1. The van der Waals surface area contributed by atoms with Gasteiger partial charge >= 0.3 is 0 Å². The maximum absolute atomic E-state index is 12.4. The normalized spacial score (nSPS) is 15.6. The van der Waals surface area contributed by atoms with E-state index in [1.54, 1.807) is 0 Å². The summed E-state index contributed by atoms with van der Waals surface area (Å²) in [5, 5.41) is 2.83. The fraction of sp³-hybridized carbons (Fsp3) is 0.556. The molecular weight excluding hydrogens is 326 g/mol. The Morgan fingerprint density at radius 2 is 1.71 bits per heavy atom. The van der Waals surface area contributed by atoms with Crippen LogP contribution in [0.5, 0.6) is 0 Å². The average molecular weight is 354 g/mol. The molecule has 0 unspecified atom stereocenters. The molecule has 0 saturated carbocycles. The zero-order valence-corrected chi connectivity index (χ0v) is 15.3. The number of hydrogen-bond acceptors (Lipinski definition) is 3. The van der Waals surface area contributed by atoms with E-state index in [2.05, 4.69) is 5.32 Å². The first-order valence-electron chi connectivity index (χ1n) is 8.40. The molecule has 134 valence electrons. The van der Waals surface area contributed by atoms with E-state index in [0.717, 1.165) is 31.5 Å². The van der Waals surface area contributed by atoms with Crippen LogP contribution in [0.4, 0.5) is 0 Å². The topological polar surface area (TPSA) is 75.4 Å². The molecule has 1 aromatic carbocycles. The minimum Gasteiger partial charge on any atom is -0.351 e. The van der Waals surface area contributed by atoms with Crippen molar-refractivity contribution in [2.24, 2.45) is 11.7 Å². The van der Waals surface area contributed by atoms with E-state index >= 15 is 0 Å². The molecule has 0 spiro atoms. The van der Waals surface area contributed by atoms with E-state index in [0.29, 0.717) is 12.1 Å². The van der Waals surface area contributed by atoms with Crippen molar-refractivity contribution in [1.82, 2.24) is 10.2 Å². The average Bonchev–Trinajstić information content (AvgIpc) is 2.59. The summed E-state index contributed by atoms with van der Waals surface area (Å²) in [6, 6.07) is 6.95. The fourth-order valence-electron chi connectivity index (χ4n) is 2.65. The van der Waals surface area contributed by atoms with Crippen molar-refractivity contribution in [1.29, 1.82) is 0 Å². The third-order valence-electron chi connectivity index (χ3n) is 4.33. The van der Waals surface area contributed by atoms with Gasteiger partial charge in [0, 0.05) is 25.2 Å². The van der Waals surface area contributed by atoms with E-state index < -0.39 is 6.04 Å². The molecule has 1 saturated heterocycles. The van der Waals surface area contributed by atoms with Crippen molar-refractivity contribution >= 4 is 24.2 Å². The van der Waals surface area contributed by atoms with E-state index in [1.165, 1.54) is 6.42 Å². The largest absolute Gasteiger partial charge is 0.351 e. The number of nitrogens with zero attached hydrogens (tertiary/aromatic N) is 1. The molecule has 1 fully saturated rings. The number of amides is 2. The summed E-state index contributed by atoms with van der Waals surface area (Å²) >= 11 is 0. The van der Waals surface area contributed by atoms with E-state index in [9.17, 15) is 9.59 Å². The number of likely N-dealkylation sites (tertiary alicyclic amines) is 1. The third kappa shape index (κ3) is 5.49. The number of nitrogens with two attached hydrogens (primary N) is 1. The van der Waals surface area contributed by atoms with Crippen LogP contribution in [0.25, 0.3) is 0 Å². The van der Waals surface area contributed by atoms with Gasteiger partial charge in [0.25, 0.3) is 5.91 Å². The lowest BCUT2D eigenvalue weighted by molar-refractivity contribution is -0.123. The van der Waals surface area contributed by atoms with Crippen molar-refractivity contribution < 1.29 is 9.59 Å². The Kier molecular flexibility index (Phi) is 8.22. The van der Waals surface area contributed by atoms with E-state index in [4.69, 9.17) is 5.73 Å². The van der Waals surface area contributed by atoms with E-state index in [-0.39, 0.29) is 30.1 Å². The molecular formula is C18H28ClN3O2. The molecule has 1 aliphatic rings. The molecule has 0 radical (unpaired) electrons. The highest BCUT2D eigenvalue weighted by atomic mass is 35.5. The van der Waals surface area contributed by atoms with Crippen LogP contribution in [0.1, 0.15) is 49.0 Å². The summed E-state index contributed by atoms with van der Waals surface area (Å²) in [5.41, 5.74) is 7.48. The second kappa shape index (κ2) is 9.64. The van der Waals surface area contributed by atoms with Crippen LogP contribution >= 0.6 is 12.4 Å². The van der Waals surface area contributed by atoms with Crippen LogP contribution in [0.3, 0.4) is 0 Å². The molecule has 2 rings (SSSR count). The summed E-state index contributed by atoms with van der Waals surface area (Å²) in [6.45, 7) is 5.97. The monoisotopic (exact) mass is 353 g/mol. The van der Waals surface area contributed by atoms with Gasteiger partial charge in [0.05, 0.1) is 6.04 Å². The quantitative estimate of drug-likeness (QED) is 0.853. The highest BCUT2D eigenvalue weighted by Gasteiger charge is 2.18. The lowest BCUT2D eigenvalue weighted by atomic mass is 10.0. The second-order valence-electron chi connectivity index (χ2n) is 6.54. The van der Waals surface area contributed by atoms with Gasteiger partial charge < -0.3 is 16.0 Å². The standard InChI is InChI=1S/C18H27N3O2.ClH/c1-13(2)16(19)17(22)20-12-14-6-8-15(9-7-14)18(23)21-10-4-3-5-11-21;/h6-9,13,16H,3-5,10-12,19H2,1-2H3,(H,20,22);1H/t16-;/m0./s1. The lowest BCUT2D eigenvalue weighted by Crippen LogP contribution is -2.43. The second-order valence-corrected chi connectivity index (χ2v) is 6.54. The molecule has 1 aliphatic heterocycles. The van der Waals surface area contributed by atoms with Crippen molar-refractivity contribution in [2.75, 3.05) is 13.1 Å². The summed E-state index contributed by atoms with van der Waals surface area (Å²) in [5.74, 6) is 0.0649. The van der Waals surface area contributed by atoms with Crippen molar-refractivity contribution in [3.05, 3.63) is 35.4 Å². The van der Waals surface area contributed by atoms with Gasteiger partial charge in [0.2, 0.25) is 5.91 Å². The van der Waals surface area contributed by atoms with Crippen molar-refractivity contribution in [3.63, 3.8) is 0 Å². The van der Waals surface area contributed by atoms with Crippen LogP contribution in [-0.4, -0.2) is 35.8 Å². The Bertz CT molecular complexity index is 540. The van der Waals surface area contributed by atoms with Crippen LogP contribution in [0.2, 0.25) is 0 Å². The van der Waals surface area contributed by atoms with Gasteiger partial charge in [-0.25, -0.2) is 0 Å². The number of carbonyl (C=O) groups is 2. The van der Waals surface area contributed by atoms with Gasteiger partial charge in [0.1, 0.15) is 0 Å². The molecule has 0 aliphatic carbocycles. The highest BCUT2D eigenvalue weighted by Crippen LogP contribution is 2.14. The molecule has 2 amide bonds. The van der Waals surface area contributed by atoms with Crippen LogP contribution < -0.4 is 11.1 Å². The Morgan fingerprint density at radius 3 is 2.25 bits per heavy atom. The summed E-state index contributed by atoms with van der Waals surface area (Å²) in [4.78, 5) is 26.1. The molecule has 1 heterocycles. The minimum absolute atomic E-state index is 0. The Labute approximate surface area is 150 Å².